The lowest BCUT2D eigenvalue weighted by molar-refractivity contribution is -0.0721. The van der Waals surface area contributed by atoms with Gasteiger partial charge < -0.3 is 19.7 Å². The number of likely N-dealkylation sites (tertiary alicyclic amines) is 1. The second-order valence-electron chi connectivity index (χ2n) is 7.14. The molecule has 0 amide bonds. The molecule has 1 N–H and O–H groups in total. The quantitative estimate of drug-likeness (QED) is 0.326. The summed E-state index contributed by atoms with van der Waals surface area (Å²) >= 11 is 3.47. The zero-order valence-corrected chi connectivity index (χ0v) is 20.2. The molecule has 2 fully saturated rings. The van der Waals surface area contributed by atoms with Crippen molar-refractivity contribution < 1.29 is 13.9 Å². The van der Waals surface area contributed by atoms with Gasteiger partial charge in [0.1, 0.15) is 5.82 Å². The van der Waals surface area contributed by atoms with E-state index in [-0.39, 0.29) is 35.9 Å². The highest BCUT2D eigenvalue weighted by atomic mass is 127. The van der Waals surface area contributed by atoms with Crippen LogP contribution in [0, 0.1) is 5.82 Å². The fourth-order valence-corrected chi connectivity index (χ4v) is 3.99. The van der Waals surface area contributed by atoms with Gasteiger partial charge in [0.2, 0.25) is 0 Å². The van der Waals surface area contributed by atoms with Gasteiger partial charge in [-0.15, -0.1) is 24.0 Å². The first kappa shape index (κ1) is 23.8. The molecule has 1 aromatic rings. The molecule has 1 unspecified atom stereocenters. The Morgan fingerprint density at radius 3 is 2.79 bits per heavy atom. The van der Waals surface area contributed by atoms with Crippen LogP contribution in [-0.4, -0.2) is 56.4 Å². The van der Waals surface area contributed by atoms with Crippen LogP contribution >= 0.6 is 39.9 Å². The van der Waals surface area contributed by atoms with Crippen molar-refractivity contribution in [2.24, 2.45) is 4.99 Å². The third kappa shape index (κ3) is 7.11. The zero-order valence-electron chi connectivity index (χ0n) is 16.3. The molecule has 3 rings (SSSR count). The third-order valence-corrected chi connectivity index (χ3v) is 5.96. The second-order valence-corrected chi connectivity index (χ2v) is 8.00. The lowest BCUT2D eigenvalue weighted by atomic mass is 10.1. The van der Waals surface area contributed by atoms with E-state index < -0.39 is 0 Å². The van der Waals surface area contributed by atoms with E-state index in [9.17, 15) is 4.39 Å². The molecule has 0 saturated carbocycles. The molecule has 0 aliphatic carbocycles. The monoisotopic (exact) mass is 569 g/mol. The van der Waals surface area contributed by atoms with Crippen LogP contribution in [0.25, 0.3) is 0 Å². The Morgan fingerprint density at radius 1 is 1.32 bits per heavy atom. The maximum Gasteiger partial charge on any atom is 0.193 e. The van der Waals surface area contributed by atoms with Gasteiger partial charge in [0, 0.05) is 37.8 Å². The summed E-state index contributed by atoms with van der Waals surface area (Å²) in [6.45, 7) is 3.92. The van der Waals surface area contributed by atoms with Crippen molar-refractivity contribution in [2.75, 3.05) is 33.4 Å². The van der Waals surface area contributed by atoms with Gasteiger partial charge in [-0.25, -0.2) is 4.39 Å². The number of halogens is 3. The molecule has 0 aromatic heterocycles. The Kier molecular flexibility index (Phi) is 10.5. The number of piperidine rings is 1. The molecule has 28 heavy (non-hydrogen) atoms. The predicted octanol–water partition coefficient (Wildman–Crippen LogP) is 4.33. The van der Waals surface area contributed by atoms with Crippen molar-refractivity contribution in [1.82, 2.24) is 10.2 Å². The Balaban J connectivity index is 0.00000280. The van der Waals surface area contributed by atoms with Crippen LogP contribution < -0.4 is 5.32 Å². The third-order valence-electron chi connectivity index (χ3n) is 5.19. The number of nitrogens with one attached hydrogen (secondary N) is 1. The number of rotatable bonds is 5. The van der Waals surface area contributed by atoms with Crippen LogP contribution in [0.15, 0.2) is 27.7 Å². The van der Waals surface area contributed by atoms with Crippen molar-refractivity contribution in [3.05, 3.63) is 34.1 Å². The normalized spacial score (nSPS) is 21.3. The van der Waals surface area contributed by atoms with Gasteiger partial charge in [0.25, 0.3) is 0 Å². The largest absolute Gasteiger partial charge is 0.376 e. The van der Waals surface area contributed by atoms with Crippen LogP contribution in [0.1, 0.15) is 37.7 Å². The topological polar surface area (TPSA) is 46.1 Å². The number of nitrogens with zero attached hydrogens (tertiary/aromatic N) is 2. The molecule has 0 spiro atoms. The standard InChI is InChI=1S/C20H29BrFN3O2.HI/c1-23-20(24-13-15-12-16(22)5-6-19(15)21)25-9-7-17(8-10-25)27-14-18-4-2-3-11-26-18;/h5-6,12,17-18H,2-4,7-11,13-14H2,1H3,(H,23,24);1H. The number of ether oxygens (including phenoxy) is 2. The van der Waals surface area contributed by atoms with Crippen molar-refractivity contribution in [2.45, 2.75) is 50.9 Å². The molecule has 2 aliphatic rings. The van der Waals surface area contributed by atoms with E-state index in [1.54, 1.807) is 13.1 Å². The molecular formula is C20H30BrFIN3O2. The van der Waals surface area contributed by atoms with Gasteiger partial charge in [0.15, 0.2) is 5.96 Å². The molecule has 158 valence electrons. The first-order chi connectivity index (χ1) is 13.2. The number of hydrogen-bond donors (Lipinski definition) is 1. The highest BCUT2D eigenvalue weighted by Gasteiger charge is 2.23. The maximum atomic E-state index is 13.4. The van der Waals surface area contributed by atoms with Crippen molar-refractivity contribution >= 4 is 45.9 Å². The number of aliphatic imine (C=N–C) groups is 1. The zero-order chi connectivity index (χ0) is 19.1. The summed E-state index contributed by atoms with van der Waals surface area (Å²) in [6, 6.07) is 4.72. The average Bonchev–Trinajstić information content (AvgIpc) is 2.71. The average molecular weight is 570 g/mol. The number of hydrogen-bond acceptors (Lipinski definition) is 3. The van der Waals surface area contributed by atoms with Crippen LogP contribution in [0.3, 0.4) is 0 Å². The molecule has 2 heterocycles. The highest BCUT2D eigenvalue weighted by molar-refractivity contribution is 14.0. The van der Waals surface area contributed by atoms with Gasteiger partial charge in [-0.3, -0.25) is 4.99 Å². The van der Waals surface area contributed by atoms with E-state index in [2.05, 4.69) is 31.1 Å². The van der Waals surface area contributed by atoms with Gasteiger partial charge in [-0.2, -0.15) is 0 Å². The van der Waals surface area contributed by atoms with Gasteiger partial charge in [0.05, 0.1) is 18.8 Å². The molecule has 0 radical (unpaired) electrons. The van der Waals surface area contributed by atoms with E-state index in [0.29, 0.717) is 19.3 Å². The number of guanidine groups is 1. The minimum atomic E-state index is -0.232. The predicted molar refractivity (Wildman–Crippen MR) is 124 cm³/mol. The minimum absolute atomic E-state index is 0. The minimum Gasteiger partial charge on any atom is -0.376 e. The first-order valence-electron chi connectivity index (χ1n) is 9.78. The summed E-state index contributed by atoms with van der Waals surface area (Å²) in [4.78, 5) is 6.63. The van der Waals surface area contributed by atoms with Crippen molar-refractivity contribution in [1.29, 1.82) is 0 Å². The molecule has 2 saturated heterocycles. The summed E-state index contributed by atoms with van der Waals surface area (Å²) in [5.41, 5.74) is 0.877. The Morgan fingerprint density at radius 2 is 2.11 bits per heavy atom. The smallest absolute Gasteiger partial charge is 0.193 e. The molecular weight excluding hydrogens is 540 g/mol. The molecule has 1 aromatic carbocycles. The van der Waals surface area contributed by atoms with Gasteiger partial charge >= 0.3 is 0 Å². The van der Waals surface area contributed by atoms with E-state index >= 15 is 0 Å². The molecule has 8 heteroatoms. The Hall–Kier alpha value is -0.450. The van der Waals surface area contributed by atoms with Crippen LogP contribution in [0.2, 0.25) is 0 Å². The number of benzene rings is 1. The molecule has 2 aliphatic heterocycles. The summed E-state index contributed by atoms with van der Waals surface area (Å²) in [5.74, 6) is 0.616. The lowest BCUT2D eigenvalue weighted by Gasteiger charge is -2.35. The molecule has 1 atom stereocenters. The lowest BCUT2D eigenvalue weighted by Crippen LogP contribution is -2.47. The second kappa shape index (κ2) is 12.3. The summed E-state index contributed by atoms with van der Waals surface area (Å²) < 4.78 is 26.2. The van der Waals surface area contributed by atoms with Crippen LogP contribution in [0.4, 0.5) is 4.39 Å². The fraction of sp³-hybridized carbons (Fsp3) is 0.650. The van der Waals surface area contributed by atoms with Crippen molar-refractivity contribution in [3.8, 4) is 0 Å². The highest BCUT2D eigenvalue weighted by Crippen LogP contribution is 2.19. The first-order valence-corrected chi connectivity index (χ1v) is 10.6. The van der Waals surface area contributed by atoms with Crippen molar-refractivity contribution in [3.63, 3.8) is 0 Å². The summed E-state index contributed by atoms with van der Waals surface area (Å²) in [6.07, 6.45) is 6.07. The van der Waals surface area contributed by atoms with Gasteiger partial charge in [-0.1, -0.05) is 15.9 Å². The molecule has 0 bridgehead atoms. The van der Waals surface area contributed by atoms with E-state index in [0.717, 1.165) is 55.0 Å². The van der Waals surface area contributed by atoms with E-state index in [1.807, 2.05) is 0 Å². The molecule has 5 nitrogen and oxygen atoms in total. The summed E-state index contributed by atoms with van der Waals surface area (Å²) in [7, 11) is 1.78. The SMILES string of the molecule is CN=C(NCc1cc(F)ccc1Br)N1CCC(OCC2CCCCO2)CC1.I. The summed E-state index contributed by atoms with van der Waals surface area (Å²) in [5, 5.41) is 3.34. The fourth-order valence-electron chi connectivity index (χ4n) is 3.60. The van der Waals surface area contributed by atoms with E-state index in [1.165, 1.54) is 25.0 Å². The van der Waals surface area contributed by atoms with Crippen LogP contribution in [-0.2, 0) is 16.0 Å². The maximum absolute atomic E-state index is 13.4. The Labute approximate surface area is 192 Å². The van der Waals surface area contributed by atoms with E-state index in [4.69, 9.17) is 9.47 Å². The van der Waals surface area contributed by atoms with Gasteiger partial charge in [-0.05, 0) is 55.9 Å². The van der Waals surface area contributed by atoms with Crippen LogP contribution in [0.5, 0.6) is 0 Å². The Bertz CT molecular complexity index is 636.